The molecule has 0 saturated heterocycles. The average Bonchev–Trinajstić information content (AvgIpc) is 2.51. The Morgan fingerprint density at radius 2 is 2.46 bits per heavy atom. The Labute approximate surface area is 76.5 Å². The van der Waals surface area contributed by atoms with Crippen LogP contribution < -0.4 is 0 Å². The third kappa shape index (κ3) is 2.31. The van der Waals surface area contributed by atoms with Crippen LogP contribution in [0.25, 0.3) is 0 Å². The number of carbonyl (C=O) groups excluding carboxylic acids is 2. The van der Waals surface area contributed by atoms with E-state index in [0.29, 0.717) is 12.4 Å². The number of hydrogen-bond acceptors (Lipinski definition) is 4. The van der Waals surface area contributed by atoms with Gasteiger partial charge in [-0.2, -0.15) is 0 Å². The van der Waals surface area contributed by atoms with Crippen molar-refractivity contribution in [2.45, 2.75) is 13.8 Å². The van der Waals surface area contributed by atoms with Crippen molar-refractivity contribution in [3.05, 3.63) is 11.8 Å². The maximum absolute atomic E-state index is 11.2. The lowest BCUT2D eigenvalue weighted by molar-refractivity contribution is -0.147. The van der Waals surface area contributed by atoms with Crippen LogP contribution in [0, 0.1) is 5.92 Å². The van der Waals surface area contributed by atoms with Crippen LogP contribution in [0.4, 0.5) is 0 Å². The molecule has 0 aromatic rings. The smallest absolute Gasteiger partial charge is 0.316 e. The minimum absolute atomic E-state index is 0.0408. The molecule has 1 rings (SSSR count). The van der Waals surface area contributed by atoms with Crippen molar-refractivity contribution in [3.63, 3.8) is 0 Å². The highest BCUT2D eigenvalue weighted by Gasteiger charge is 2.25. The molecule has 1 aliphatic heterocycles. The van der Waals surface area contributed by atoms with Gasteiger partial charge in [-0.15, -0.1) is 0 Å². The van der Waals surface area contributed by atoms with E-state index in [-0.39, 0.29) is 18.4 Å². The van der Waals surface area contributed by atoms with E-state index in [1.54, 1.807) is 13.8 Å². The van der Waals surface area contributed by atoms with Gasteiger partial charge in [-0.1, -0.05) is 0 Å². The lowest BCUT2D eigenvalue weighted by Crippen LogP contribution is -2.17. The zero-order valence-corrected chi connectivity index (χ0v) is 7.70. The second-order valence-corrected chi connectivity index (χ2v) is 2.78. The predicted molar refractivity (Wildman–Crippen MR) is 44.8 cm³/mol. The first-order valence-corrected chi connectivity index (χ1v) is 4.19. The number of ketones is 1. The molecule has 4 nitrogen and oxygen atoms in total. The van der Waals surface area contributed by atoms with Gasteiger partial charge in [0.2, 0.25) is 0 Å². The van der Waals surface area contributed by atoms with Gasteiger partial charge in [0.1, 0.15) is 11.7 Å². The van der Waals surface area contributed by atoms with Crippen molar-refractivity contribution in [2.24, 2.45) is 5.92 Å². The molecule has 0 aliphatic carbocycles. The fourth-order valence-electron chi connectivity index (χ4n) is 1.03. The van der Waals surface area contributed by atoms with Gasteiger partial charge in [0.25, 0.3) is 0 Å². The van der Waals surface area contributed by atoms with E-state index < -0.39 is 5.92 Å². The second kappa shape index (κ2) is 4.07. The van der Waals surface area contributed by atoms with Gasteiger partial charge in [-0.3, -0.25) is 9.59 Å². The van der Waals surface area contributed by atoms with Crippen molar-refractivity contribution in [1.29, 1.82) is 0 Å². The molecule has 13 heavy (non-hydrogen) atoms. The van der Waals surface area contributed by atoms with Crippen LogP contribution in [0.2, 0.25) is 0 Å². The second-order valence-electron chi connectivity index (χ2n) is 2.78. The summed E-state index contributed by atoms with van der Waals surface area (Å²) >= 11 is 0. The van der Waals surface area contributed by atoms with E-state index in [2.05, 4.69) is 0 Å². The van der Waals surface area contributed by atoms with Gasteiger partial charge in [0.05, 0.1) is 6.61 Å². The summed E-state index contributed by atoms with van der Waals surface area (Å²) in [4.78, 5) is 22.0. The molecule has 0 spiro atoms. The van der Waals surface area contributed by atoms with Crippen LogP contribution in [0.1, 0.15) is 13.8 Å². The van der Waals surface area contributed by atoms with E-state index in [1.807, 2.05) is 0 Å². The third-order valence-corrected chi connectivity index (χ3v) is 1.75. The molecule has 0 radical (unpaired) electrons. The summed E-state index contributed by atoms with van der Waals surface area (Å²) < 4.78 is 9.79. The van der Waals surface area contributed by atoms with Crippen LogP contribution in [0.3, 0.4) is 0 Å². The molecule has 1 aliphatic rings. The molecule has 0 amide bonds. The highest BCUT2D eigenvalue weighted by atomic mass is 16.5. The zero-order chi connectivity index (χ0) is 9.84. The highest BCUT2D eigenvalue weighted by molar-refractivity contribution is 5.94. The number of rotatable bonds is 3. The Morgan fingerprint density at radius 1 is 1.77 bits per heavy atom. The molecule has 72 valence electrons. The average molecular weight is 184 g/mol. The first-order chi connectivity index (χ1) is 6.15. The Morgan fingerprint density at radius 3 is 2.92 bits per heavy atom. The molecule has 0 fully saturated rings. The van der Waals surface area contributed by atoms with Crippen molar-refractivity contribution < 1.29 is 19.1 Å². The summed E-state index contributed by atoms with van der Waals surface area (Å²) in [5, 5.41) is 0. The molecule has 0 saturated carbocycles. The predicted octanol–water partition coefficient (Wildman–Crippen LogP) is 0.669. The number of carbonyl (C=O) groups is 2. The molecule has 1 atom stereocenters. The molecule has 1 heterocycles. The van der Waals surface area contributed by atoms with Gasteiger partial charge < -0.3 is 9.47 Å². The van der Waals surface area contributed by atoms with E-state index >= 15 is 0 Å². The van der Waals surface area contributed by atoms with Crippen molar-refractivity contribution >= 4 is 11.8 Å². The lowest BCUT2D eigenvalue weighted by atomic mass is 10.1. The lowest BCUT2D eigenvalue weighted by Gasteiger charge is -2.10. The maximum atomic E-state index is 11.2. The molecule has 0 bridgehead atoms. The summed E-state index contributed by atoms with van der Waals surface area (Å²) in [5.74, 6) is -0.538. The first kappa shape index (κ1) is 9.77. The molecule has 1 unspecified atom stereocenters. The summed E-state index contributed by atoms with van der Waals surface area (Å²) in [5.41, 5.74) is 0. The maximum Gasteiger partial charge on any atom is 0.316 e. The van der Waals surface area contributed by atoms with Crippen LogP contribution >= 0.6 is 0 Å². The number of hydrogen-bond donors (Lipinski definition) is 0. The summed E-state index contributed by atoms with van der Waals surface area (Å²) in [6.07, 6.45) is 1.35. The minimum atomic E-state index is -0.480. The Balaban J connectivity index is 2.57. The first-order valence-electron chi connectivity index (χ1n) is 4.19. The SMILES string of the molecule is CCOC(=O)C(C)C1=CC(=O)CO1. The van der Waals surface area contributed by atoms with Crippen LogP contribution in [-0.4, -0.2) is 25.0 Å². The van der Waals surface area contributed by atoms with Gasteiger partial charge >= 0.3 is 5.97 Å². The number of esters is 1. The fraction of sp³-hybridized carbons (Fsp3) is 0.556. The quantitative estimate of drug-likeness (QED) is 0.605. The molecule has 0 aromatic heterocycles. The number of ether oxygens (including phenoxy) is 2. The molecule has 0 N–H and O–H groups in total. The molecule has 4 heteroatoms. The van der Waals surface area contributed by atoms with Gasteiger partial charge in [-0.25, -0.2) is 0 Å². The van der Waals surface area contributed by atoms with Crippen LogP contribution in [0.15, 0.2) is 11.8 Å². The molecular weight excluding hydrogens is 172 g/mol. The minimum Gasteiger partial charge on any atom is -0.489 e. The Hall–Kier alpha value is -1.32. The van der Waals surface area contributed by atoms with Gasteiger partial charge in [0, 0.05) is 6.08 Å². The molecular formula is C9H12O4. The highest BCUT2D eigenvalue weighted by Crippen LogP contribution is 2.18. The standard InChI is InChI=1S/C9H12O4/c1-3-12-9(11)6(2)8-4-7(10)5-13-8/h4,6H,3,5H2,1-2H3. The van der Waals surface area contributed by atoms with E-state index in [0.717, 1.165) is 0 Å². The van der Waals surface area contributed by atoms with E-state index in [1.165, 1.54) is 6.08 Å². The van der Waals surface area contributed by atoms with Crippen molar-refractivity contribution in [2.75, 3.05) is 13.2 Å². The fourth-order valence-corrected chi connectivity index (χ4v) is 1.03. The Bertz CT molecular complexity index is 254. The third-order valence-electron chi connectivity index (χ3n) is 1.75. The zero-order valence-electron chi connectivity index (χ0n) is 7.70. The monoisotopic (exact) mass is 184 g/mol. The van der Waals surface area contributed by atoms with Gasteiger partial charge in [0.15, 0.2) is 12.4 Å². The topological polar surface area (TPSA) is 52.6 Å². The van der Waals surface area contributed by atoms with Gasteiger partial charge in [-0.05, 0) is 13.8 Å². The van der Waals surface area contributed by atoms with Crippen LogP contribution in [0.5, 0.6) is 0 Å². The molecule has 0 aromatic carbocycles. The largest absolute Gasteiger partial charge is 0.489 e. The Kier molecular flexibility index (Phi) is 3.06. The van der Waals surface area contributed by atoms with Crippen molar-refractivity contribution in [3.8, 4) is 0 Å². The van der Waals surface area contributed by atoms with Crippen molar-refractivity contribution in [1.82, 2.24) is 0 Å². The summed E-state index contributed by atoms with van der Waals surface area (Å²) in [7, 11) is 0. The summed E-state index contributed by atoms with van der Waals surface area (Å²) in [6, 6.07) is 0. The van der Waals surface area contributed by atoms with E-state index in [4.69, 9.17) is 9.47 Å². The van der Waals surface area contributed by atoms with E-state index in [9.17, 15) is 9.59 Å². The normalized spacial score (nSPS) is 17.7. The van der Waals surface area contributed by atoms with Crippen LogP contribution in [-0.2, 0) is 19.1 Å². The summed E-state index contributed by atoms with van der Waals surface area (Å²) in [6.45, 7) is 3.77.